The molecule has 0 radical (unpaired) electrons. The van der Waals surface area contributed by atoms with Crippen LogP contribution in [0, 0.1) is 0 Å². The van der Waals surface area contributed by atoms with Gasteiger partial charge in [0.2, 0.25) is 0 Å². The Labute approximate surface area is 124 Å². The van der Waals surface area contributed by atoms with Crippen molar-refractivity contribution in [2.24, 2.45) is 0 Å². The highest BCUT2D eigenvalue weighted by Crippen LogP contribution is 2.01. The molecule has 0 heterocycles. The molecule has 0 saturated heterocycles. The number of hydrogen-bond acceptors (Lipinski definition) is 2. The van der Waals surface area contributed by atoms with Crippen LogP contribution in [-0.4, -0.2) is 13.1 Å². The SMILES string of the molecule is CCCCC/C=C/C/C=C/C/C=C/CCCC(=O)OC. The Morgan fingerprint density at radius 3 is 1.95 bits per heavy atom. The highest BCUT2D eigenvalue weighted by Gasteiger charge is 1.96. The molecule has 0 aliphatic carbocycles. The predicted molar refractivity (Wildman–Crippen MR) is 86.7 cm³/mol. The van der Waals surface area contributed by atoms with Gasteiger partial charge in [-0.25, -0.2) is 0 Å². The second kappa shape index (κ2) is 15.7. The van der Waals surface area contributed by atoms with Crippen molar-refractivity contribution >= 4 is 5.97 Å². The zero-order valence-corrected chi connectivity index (χ0v) is 13.1. The van der Waals surface area contributed by atoms with E-state index >= 15 is 0 Å². The average Bonchev–Trinajstić information content (AvgIpc) is 2.47. The van der Waals surface area contributed by atoms with Crippen molar-refractivity contribution in [3.8, 4) is 0 Å². The normalized spacial score (nSPS) is 11.9. The molecule has 0 spiro atoms. The second-order valence-electron chi connectivity index (χ2n) is 4.85. The number of ether oxygens (including phenoxy) is 1. The molecule has 0 bridgehead atoms. The van der Waals surface area contributed by atoms with E-state index < -0.39 is 0 Å². The first-order valence-corrected chi connectivity index (χ1v) is 7.83. The smallest absolute Gasteiger partial charge is 0.305 e. The minimum absolute atomic E-state index is 0.121. The summed E-state index contributed by atoms with van der Waals surface area (Å²) in [4.78, 5) is 10.9. The number of allylic oxidation sites excluding steroid dienone is 6. The van der Waals surface area contributed by atoms with Crippen LogP contribution in [0.25, 0.3) is 0 Å². The summed E-state index contributed by atoms with van der Waals surface area (Å²) in [6.45, 7) is 2.23. The highest BCUT2D eigenvalue weighted by molar-refractivity contribution is 5.68. The summed E-state index contributed by atoms with van der Waals surface area (Å²) in [5, 5.41) is 0. The van der Waals surface area contributed by atoms with Crippen molar-refractivity contribution in [3.63, 3.8) is 0 Å². The van der Waals surface area contributed by atoms with Crippen LogP contribution in [0.5, 0.6) is 0 Å². The van der Waals surface area contributed by atoms with Gasteiger partial charge in [0, 0.05) is 6.42 Å². The van der Waals surface area contributed by atoms with Crippen molar-refractivity contribution in [2.75, 3.05) is 7.11 Å². The Bertz CT molecular complexity index is 301. The fraction of sp³-hybridized carbons (Fsp3) is 0.611. The van der Waals surface area contributed by atoms with Gasteiger partial charge in [0.25, 0.3) is 0 Å². The summed E-state index contributed by atoms with van der Waals surface area (Å²) in [6.07, 6.45) is 22.7. The third-order valence-electron chi connectivity index (χ3n) is 3.00. The third-order valence-corrected chi connectivity index (χ3v) is 3.00. The lowest BCUT2D eigenvalue weighted by Crippen LogP contribution is -1.98. The van der Waals surface area contributed by atoms with E-state index in [1.807, 2.05) is 0 Å². The van der Waals surface area contributed by atoms with E-state index in [2.05, 4.69) is 48.1 Å². The van der Waals surface area contributed by atoms with Crippen molar-refractivity contribution < 1.29 is 9.53 Å². The van der Waals surface area contributed by atoms with Crippen LogP contribution in [0.2, 0.25) is 0 Å². The quantitative estimate of drug-likeness (QED) is 0.273. The first kappa shape index (κ1) is 18.7. The van der Waals surface area contributed by atoms with Crippen LogP contribution in [0.15, 0.2) is 36.5 Å². The summed E-state index contributed by atoms with van der Waals surface area (Å²) in [5.41, 5.74) is 0. The molecule has 0 aliphatic rings. The fourth-order valence-electron chi connectivity index (χ4n) is 1.76. The average molecular weight is 278 g/mol. The molecule has 0 fully saturated rings. The topological polar surface area (TPSA) is 26.3 Å². The minimum atomic E-state index is -0.121. The zero-order chi connectivity index (χ0) is 14.9. The van der Waals surface area contributed by atoms with Crippen LogP contribution in [0.1, 0.15) is 64.7 Å². The number of carbonyl (C=O) groups is 1. The predicted octanol–water partition coefficient (Wildman–Crippen LogP) is 5.36. The first-order valence-electron chi connectivity index (χ1n) is 7.83. The summed E-state index contributed by atoms with van der Waals surface area (Å²) in [5.74, 6) is -0.121. The van der Waals surface area contributed by atoms with Gasteiger partial charge in [-0.2, -0.15) is 0 Å². The molecule has 0 unspecified atom stereocenters. The van der Waals surface area contributed by atoms with Gasteiger partial charge in [-0.3, -0.25) is 4.79 Å². The third kappa shape index (κ3) is 14.7. The van der Waals surface area contributed by atoms with Crippen molar-refractivity contribution in [1.82, 2.24) is 0 Å². The van der Waals surface area contributed by atoms with Gasteiger partial charge in [0.05, 0.1) is 7.11 Å². The molecule has 0 aromatic rings. The lowest BCUT2D eigenvalue weighted by atomic mass is 10.2. The van der Waals surface area contributed by atoms with Crippen LogP contribution >= 0.6 is 0 Å². The highest BCUT2D eigenvalue weighted by atomic mass is 16.5. The lowest BCUT2D eigenvalue weighted by molar-refractivity contribution is -0.140. The molecule has 20 heavy (non-hydrogen) atoms. The molecule has 0 N–H and O–H groups in total. The lowest BCUT2D eigenvalue weighted by Gasteiger charge is -1.95. The molecule has 0 atom stereocenters. The van der Waals surface area contributed by atoms with Gasteiger partial charge >= 0.3 is 5.97 Å². The molecule has 2 heteroatoms. The van der Waals surface area contributed by atoms with E-state index in [0.717, 1.165) is 25.7 Å². The molecular weight excluding hydrogens is 248 g/mol. The van der Waals surface area contributed by atoms with Gasteiger partial charge in [-0.15, -0.1) is 0 Å². The van der Waals surface area contributed by atoms with Crippen molar-refractivity contribution in [2.45, 2.75) is 64.7 Å². The number of unbranched alkanes of at least 4 members (excludes halogenated alkanes) is 4. The Morgan fingerprint density at radius 1 is 0.850 bits per heavy atom. The summed E-state index contributed by atoms with van der Waals surface area (Å²) < 4.78 is 4.58. The van der Waals surface area contributed by atoms with Gasteiger partial charge in [0.15, 0.2) is 0 Å². The Morgan fingerprint density at radius 2 is 1.40 bits per heavy atom. The largest absolute Gasteiger partial charge is 0.469 e. The van der Waals surface area contributed by atoms with Gasteiger partial charge in [0.1, 0.15) is 0 Å². The Balaban J connectivity index is 3.36. The molecule has 0 aromatic carbocycles. The van der Waals surface area contributed by atoms with Gasteiger partial charge in [-0.1, -0.05) is 56.2 Å². The molecule has 114 valence electrons. The van der Waals surface area contributed by atoms with Crippen LogP contribution < -0.4 is 0 Å². The van der Waals surface area contributed by atoms with E-state index in [1.54, 1.807) is 0 Å². The number of methoxy groups -OCH3 is 1. The molecular formula is C18H30O2. The van der Waals surface area contributed by atoms with E-state index in [0.29, 0.717) is 6.42 Å². The number of hydrogen-bond donors (Lipinski definition) is 0. The van der Waals surface area contributed by atoms with E-state index in [9.17, 15) is 4.79 Å². The molecule has 0 amide bonds. The summed E-state index contributed by atoms with van der Waals surface area (Å²) >= 11 is 0. The molecule has 0 aromatic heterocycles. The van der Waals surface area contributed by atoms with Crippen molar-refractivity contribution in [3.05, 3.63) is 36.5 Å². The standard InChI is InChI=1S/C18H30O2/c1-3-4-5-6-7-8-9-10-11-12-13-14-15-16-17-18(19)20-2/h7-8,10-11,13-14H,3-6,9,12,15-17H2,1-2H3/b8-7+,11-10+,14-13+. The maximum absolute atomic E-state index is 10.9. The van der Waals surface area contributed by atoms with Gasteiger partial charge in [-0.05, 0) is 38.5 Å². The number of rotatable bonds is 12. The van der Waals surface area contributed by atoms with Crippen LogP contribution in [-0.2, 0) is 9.53 Å². The zero-order valence-electron chi connectivity index (χ0n) is 13.1. The van der Waals surface area contributed by atoms with Crippen molar-refractivity contribution in [1.29, 1.82) is 0 Å². The van der Waals surface area contributed by atoms with Crippen LogP contribution in [0.3, 0.4) is 0 Å². The molecule has 0 saturated carbocycles. The summed E-state index contributed by atoms with van der Waals surface area (Å²) in [6, 6.07) is 0. The maximum Gasteiger partial charge on any atom is 0.305 e. The Kier molecular flexibility index (Phi) is 14.7. The summed E-state index contributed by atoms with van der Waals surface area (Å²) in [7, 11) is 1.43. The maximum atomic E-state index is 10.9. The monoisotopic (exact) mass is 278 g/mol. The molecule has 0 rings (SSSR count). The van der Waals surface area contributed by atoms with Crippen LogP contribution in [0.4, 0.5) is 0 Å². The first-order chi connectivity index (χ1) is 9.81. The fourth-order valence-corrected chi connectivity index (χ4v) is 1.76. The van der Waals surface area contributed by atoms with E-state index in [1.165, 1.54) is 32.8 Å². The molecule has 0 aliphatic heterocycles. The minimum Gasteiger partial charge on any atom is -0.469 e. The van der Waals surface area contributed by atoms with Gasteiger partial charge < -0.3 is 4.74 Å². The van der Waals surface area contributed by atoms with E-state index in [4.69, 9.17) is 0 Å². The number of carbonyl (C=O) groups excluding carboxylic acids is 1. The Hall–Kier alpha value is -1.31. The molecule has 2 nitrogen and oxygen atoms in total. The number of esters is 1. The van der Waals surface area contributed by atoms with E-state index in [-0.39, 0.29) is 5.97 Å². The second-order valence-corrected chi connectivity index (χ2v) is 4.85.